The van der Waals surface area contributed by atoms with Gasteiger partial charge in [-0.2, -0.15) is 0 Å². The molecular weight excluding hydrogens is 194 g/mol. The van der Waals surface area contributed by atoms with Crippen molar-refractivity contribution < 1.29 is 9.59 Å². The van der Waals surface area contributed by atoms with Crippen LogP contribution in [0, 0.1) is 0 Å². The lowest BCUT2D eigenvalue weighted by molar-refractivity contribution is -0.143. The zero-order valence-corrected chi connectivity index (χ0v) is 9.32. The van der Waals surface area contributed by atoms with Gasteiger partial charge in [0.05, 0.1) is 6.04 Å². The zero-order chi connectivity index (χ0) is 11.4. The first kappa shape index (κ1) is 12.0. The van der Waals surface area contributed by atoms with Gasteiger partial charge in [-0.3, -0.25) is 9.59 Å². The smallest absolute Gasteiger partial charge is 0.242 e. The number of hydrogen-bond donors (Lipinski definition) is 2. The molecular formula is C10H19N3O2. The molecule has 3 N–H and O–H groups in total. The highest BCUT2D eigenvalue weighted by molar-refractivity contribution is 5.90. The molecule has 0 aromatic heterocycles. The highest BCUT2D eigenvalue weighted by Gasteiger charge is 2.31. The molecule has 1 heterocycles. The standard InChI is InChI=1S/C10H19N3O2/c1-3-4-8(11)10(15)13-6-5-12-9(14)7(13)2/h7-8H,3-6,11H2,1-2H3,(H,12,14)/t7?,8-/m1/s1. The van der Waals surface area contributed by atoms with E-state index in [1.807, 2.05) is 6.92 Å². The Morgan fingerprint density at radius 2 is 2.40 bits per heavy atom. The summed E-state index contributed by atoms with van der Waals surface area (Å²) in [4.78, 5) is 24.8. The van der Waals surface area contributed by atoms with Gasteiger partial charge in [0.1, 0.15) is 6.04 Å². The van der Waals surface area contributed by atoms with Gasteiger partial charge in [-0.1, -0.05) is 13.3 Å². The van der Waals surface area contributed by atoms with E-state index in [1.165, 1.54) is 0 Å². The van der Waals surface area contributed by atoms with E-state index in [2.05, 4.69) is 5.32 Å². The van der Waals surface area contributed by atoms with Crippen molar-refractivity contribution >= 4 is 11.8 Å². The van der Waals surface area contributed by atoms with E-state index >= 15 is 0 Å². The summed E-state index contributed by atoms with van der Waals surface area (Å²) in [6, 6.07) is -0.863. The molecule has 2 amide bonds. The lowest BCUT2D eigenvalue weighted by Gasteiger charge is -2.34. The van der Waals surface area contributed by atoms with Gasteiger partial charge < -0.3 is 16.0 Å². The molecule has 1 aliphatic heterocycles. The molecule has 1 aliphatic rings. The Kier molecular flexibility index (Phi) is 4.08. The fourth-order valence-corrected chi connectivity index (χ4v) is 1.73. The minimum Gasteiger partial charge on any atom is -0.353 e. The third-order valence-corrected chi connectivity index (χ3v) is 2.70. The second-order valence-electron chi connectivity index (χ2n) is 3.89. The average Bonchev–Trinajstić information content (AvgIpc) is 2.21. The fourth-order valence-electron chi connectivity index (χ4n) is 1.73. The number of carbonyl (C=O) groups is 2. The van der Waals surface area contributed by atoms with Crippen molar-refractivity contribution in [3.8, 4) is 0 Å². The summed E-state index contributed by atoms with van der Waals surface area (Å²) >= 11 is 0. The molecule has 15 heavy (non-hydrogen) atoms. The van der Waals surface area contributed by atoms with Crippen LogP contribution in [0.3, 0.4) is 0 Å². The van der Waals surface area contributed by atoms with E-state index in [0.29, 0.717) is 19.5 Å². The van der Waals surface area contributed by atoms with Crippen LogP contribution in [0.2, 0.25) is 0 Å². The molecule has 1 rings (SSSR count). The predicted octanol–water partition coefficient (Wildman–Crippen LogP) is -0.539. The second-order valence-corrected chi connectivity index (χ2v) is 3.89. The second kappa shape index (κ2) is 5.11. The van der Waals surface area contributed by atoms with Gasteiger partial charge in [0, 0.05) is 13.1 Å². The van der Waals surface area contributed by atoms with Crippen LogP contribution in [-0.2, 0) is 9.59 Å². The van der Waals surface area contributed by atoms with Crippen molar-refractivity contribution in [2.45, 2.75) is 38.8 Å². The molecule has 0 bridgehead atoms. The SMILES string of the molecule is CCC[C@@H](N)C(=O)N1CCNC(=O)C1C. The molecule has 5 nitrogen and oxygen atoms in total. The van der Waals surface area contributed by atoms with Crippen molar-refractivity contribution in [1.82, 2.24) is 10.2 Å². The summed E-state index contributed by atoms with van der Waals surface area (Å²) in [5.41, 5.74) is 5.74. The molecule has 5 heteroatoms. The molecule has 0 aliphatic carbocycles. The summed E-state index contributed by atoms with van der Waals surface area (Å²) in [6.45, 7) is 4.79. The van der Waals surface area contributed by atoms with Crippen LogP contribution in [0.4, 0.5) is 0 Å². The van der Waals surface area contributed by atoms with Crippen LogP contribution in [0.25, 0.3) is 0 Å². The van der Waals surface area contributed by atoms with Crippen LogP contribution in [0.15, 0.2) is 0 Å². The lowest BCUT2D eigenvalue weighted by atomic mass is 10.1. The van der Waals surface area contributed by atoms with Crippen LogP contribution >= 0.6 is 0 Å². The largest absolute Gasteiger partial charge is 0.353 e. The van der Waals surface area contributed by atoms with Gasteiger partial charge in [-0.25, -0.2) is 0 Å². The van der Waals surface area contributed by atoms with Crippen LogP contribution in [0.1, 0.15) is 26.7 Å². The quantitative estimate of drug-likeness (QED) is 0.661. The Morgan fingerprint density at radius 1 is 1.73 bits per heavy atom. The Hall–Kier alpha value is -1.10. The van der Waals surface area contributed by atoms with Crippen molar-refractivity contribution in [2.24, 2.45) is 5.73 Å². The Morgan fingerprint density at radius 3 is 3.00 bits per heavy atom. The minimum atomic E-state index is -0.469. The highest BCUT2D eigenvalue weighted by atomic mass is 16.2. The van der Waals surface area contributed by atoms with Gasteiger partial charge in [0.2, 0.25) is 11.8 Å². The molecule has 0 aromatic rings. The first-order valence-corrected chi connectivity index (χ1v) is 5.41. The number of carbonyl (C=O) groups excluding carboxylic acids is 2. The normalized spacial score (nSPS) is 23.5. The van der Waals surface area contributed by atoms with Gasteiger partial charge in [0.25, 0.3) is 0 Å². The van der Waals surface area contributed by atoms with Gasteiger partial charge in [0.15, 0.2) is 0 Å². The van der Waals surface area contributed by atoms with Gasteiger partial charge in [-0.05, 0) is 13.3 Å². The Bertz CT molecular complexity index is 255. The van der Waals surface area contributed by atoms with Crippen molar-refractivity contribution in [2.75, 3.05) is 13.1 Å². The maximum absolute atomic E-state index is 11.9. The number of nitrogens with zero attached hydrogens (tertiary/aromatic N) is 1. The maximum Gasteiger partial charge on any atom is 0.242 e. The van der Waals surface area contributed by atoms with Gasteiger partial charge >= 0.3 is 0 Å². The minimum absolute atomic E-state index is 0.0988. The maximum atomic E-state index is 11.9. The number of rotatable bonds is 3. The zero-order valence-electron chi connectivity index (χ0n) is 9.32. The molecule has 1 unspecified atom stereocenters. The number of nitrogens with two attached hydrogens (primary N) is 1. The lowest BCUT2D eigenvalue weighted by Crippen LogP contribution is -2.59. The molecule has 0 saturated carbocycles. The van der Waals surface area contributed by atoms with Crippen LogP contribution in [-0.4, -0.2) is 41.9 Å². The van der Waals surface area contributed by atoms with E-state index in [0.717, 1.165) is 6.42 Å². The molecule has 2 atom stereocenters. The molecule has 1 fully saturated rings. The third kappa shape index (κ3) is 2.68. The predicted molar refractivity (Wildman–Crippen MR) is 57.1 cm³/mol. The number of amides is 2. The van der Waals surface area contributed by atoms with Crippen molar-refractivity contribution in [3.63, 3.8) is 0 Å². The highest BCUT2D eigenvalue weighted by Crippen LogP contribution is 2.07. The van der Waals surface area contributed by atoms with Gasteiger partial charge in [-0.15, -0.1) is 0 Å². The molecule has 0 aromatic carbocycles. The van der Waals surface area contributed by atoms with E-state index in [4.69, 9.17) is 5.73 Å². The number of hydrogen-bond acceptors (Lipinski definition) is 3. The topological polar surface area (TPSA) is 75.4 Å². The monoisotopic (exact) mass is 213 g/mol. The van der Waals surface area contributed by atoms with E-state index in [1.54, 1.807) is 11.8 Å². The summed E-state index contributed by atoms with van der Waals surface area (Å²) in [5.74, 6) is -0.211. The third-order valence-electron chi connectivity index (χ3n) is 2.70. The van der Waals surface area contributed by atoms with Crippen LogP contribution < -0.4 is 11.1 Å². The fraction of sp³-hybridized carbons (Fsp3) is 0.800. The van der Waals surface area contributed by atoms with E-state index in [-0.39, 0.29) is 11.8 Å². The van der Waals surface area contributed by atoms with Crippen molar-refractivity contribution in [3.05, 3.63) is 0 Å². The van der Waals surface area contributed by atoms with E-state index in [9.17, 15) is 9.59 Å². The summed E-state index contributed by atoms with van der Waals surface area (Å²) in [5, 5.41) is 2.71. The summed E-state index contributed by atoms with van der Waals surface area (Å²) in [7, 11) is 0. The van der Waals surface area contributed by atoms with E-state index < -0.39 is 12.1 Å². The first-order valence-electron chi connectivity index (χ1n) is 5.41. The van der Waals surface area contributed by atoms with Crippen LogP contribution in [0.5, 0.6) is 0 Å². The Labute approximate surface area is 90.0 Å². The molecule has 0 spiro atoms. The Balaban J connectivity index is 2.61. The summed E-state index contributed by atoms with van der Waals surface area (Å²) < 4.78 is 0. The number of piperazine rings is 1. The van der Waals surface area contributed by atoms with Crippen molar-refractivity contribution in [1.29, 1.82) is 0 Å². The molecule has 0 radical (unpaired) electrons. The number of nitrogens with one attached hydrogen (secondary N) is 1. The molecule has 1 saturated heterocycles. The summed E-state index contributed by atoms with van der Waals surface area (Å²) in [6.07, 6.45) is 1.55. The molecule has 86 valence electrons. The first-order chi connectivity index (χ1) is 7.07. The average molecular weight is 213 g/mol.